The van der Waals surface area contributed by atoms with Crippen LogP contribution in [0.3, 0.4) is 0 Å². The van der Waals surface area contributed by atoms with Crippen LogP contribution in [-0.4, -0.2) is 51.6 Å². The molecule has 5 rings (SSSR count). The van der Waals surface area contributed by atoms with Gasteiger partial charge in [-0.3, -0.25) is 19.1 Å². The Labute approximate surface area is 200 Å². The van der Waals surface area contributed by atoms with Crippen molar-refractivity contribution in [1.29, 1.82) is 0 Å². The maximum Gasteiger partial charge on any atom is 0.262 e. The molecule has 9 heteroatoms. The lowest BCUT2D eigenvalue weighted by molar-refractivity contribution is 0.0684. The van der Waals surface area contributed by atoms with E-state index in [0.29, 0.717) is 33.6 Å². The fourth-order valence-corrected chi connectivity index (χ4v) is 4.71. The number of amides is 2. The number of nitrogens with zero attached hydrogens (tertiary/aromatic N) is 4. The molecular weight excluding hydrogens is 452 g/mol. The lowest BCUT2D eigenvalue weighted by Gasteiger charge is -2.15. The van der Waals surface area contributed by atoms with Crippen LogP contribution < -0.4 is 9.47 Å². The van der Waals surface area contributed by atoms with E-state index in [4.69, 9.17) is 9.47 Å². The Morgan fingerprint density at radius 3 is 2.09 bits per heavy atom. The third-order valence-corrected chi connectivity index (χ3v) is 6.40. The second-order valence-corrected chi connectivity index (χ2v) is 8.32. The maximum atomic E-state index is 12.8. The number of rotatable bonds is 7. The normalized spacial score (nSPS) is 12.7. The first-order chi connectivity index (χ1) is 16.6. The summed E-state index contributed by atoms with van der Waals surface area (Å²) in [6.07, 6.45) is 0. The smallest absolute Gasteiger partial charge is 0.262 e. The number of hydrogen-bond acceptors (Lipinski definition) is 7. The third kappa shape index (κ3) is 3.69. The standard InChI is InChI=1S/C25H20N4O4S/c1-32-20-13-12-17(14-21(20)33-2)29-22(16-8-4-3-5-9-16)26-27-25(29)34-15-28-23(30)18-10-6-7-11-19(18)24(28)31/h3-14H,15H2,1-2H3. The maximum absolute atomic E-state index is 12.8. The first-order valence-electron chi connectivity index (χ1n) is 10.4. The van der Waals surface area contributed by atoms with Crippen LogP contribution in [0, 0.1) is 0 Å². The molecule has 2 heterocycles. The number of ether oxygens (including phenoxy) is 2. The zero-order valence-electron chi connectivity index (χ0n) is 18.5. The van der Waals surface area contributed by atoms with Crippen LogP contribution in [0.1, 0.15) is 20.7 Å². The van der Waals surface area contributed by atoms with Crippen LogP contribution in [0.5, 0.6) is 11.5 Å². The Morgan fingerprint density at radius 1 is 0.794 bits per heavy atom. The summed E-state index contributed by atoms with van der Waals surface area (Å²) in [6.45, 7) is 0. The van der Waals surface area contributed by atoms with E-state index in [1.165, 1.54) is 16.7 Å². The van der Waals surface area contributed by atoms with Gasteiger partial charge in [-0.2, -0.15) is 0 Å². The van der Waals surface area contributed by atoms with Crippen molar-refractivity contribution < 1.29 is 19.1 Å². The van der Waals surface area contributed by atoms with Gasteiger partial charge in [0.15, 0.2) is 22.5 Å². The molecule has 4 aromatic rings. The van der Waals surface area contributed by atoms with Gasteiger partial charge >= 0.3 is 0 Å². The van der Waals surface area contributed by atoms with Crippen molar-refractivity contribution >= 4 is 23.6 Å². The average Bonchev–Trinajstić information content (AvgIpc) is 3.42. The number of benzene rings is 3. The van der Waals surface area contributed by atoms with E-state index in [1.807, 2.05) is 53.1 Å². The van der Waals surface area contributed by atoms with E-state index in [-0.39, 0.29) is 17.7 Å². The molecule has 0 bridgehead atoms. The molecule has 0 N–H and O–H groups in total. The minimum Gasteiger partial charge on any atom is -0.493 e. The highest BCUT2D eigenvalue weighted by Crippen LogP contribution is 2.34. The summed E-state index contributed by atoms with van der Waals surface area (Å²) in [5.74, 6) is 1.26. The molecule has 0 unspecified atom stereocenters. The van der Waals surface area contributed by atoms with Crippen molar-refractivity contribution in [2.24, 2.45) is 0 Å². The van der Waals surface area contributed by atoms with E-state index in [9.17, 15) is 9.59 Å². The van der Waals surface area contributed by atoms with Crippen molar-refractivity contribution in [2.75, 3.05) is 20.1 Å². The van der Waals surface area contributed by atoms with Crippen LogP contribution in [0.15, 0.2) is 78.0 Å². The predicted octanol–water partition coefficient (Wildman–Crippen LogP) is 4.30. The molecule has 0 spiro atoms. The second-order valence-electron chi connectivity index (χ2n) is 7.40. The highest BCUT2D eigenvalue weighted by molar-refractivity contribution is 7.99. The van der Waals surface area contributed by atoms with Crippen molar-refractivity contribution in [3.8, 4) is 28.6 Å². The van der Waals surface area contributed by atoms with Gasteiger partial charge in [0.05, 0.1) is 36.9 Å². The number of fused-ring (bicyclic) bond motifs is 1. The van der Waals surface area contributed by atoms with E-state index < -0.39 is 0 Å². The van der Waals surface area contributed by atoms with Crippen LogP contribution >= 0.6 is 11.8 Å². The lowest BCUT2D eigenvalue weighted by atomic mass is 10.1. The summed E-state index contributed by atoms with van der Waals surface area (Å²) in [6, 6.07) is 22.0. The van der Waals surface area contributed by atoms with Gasteiger partial charge in [-0.1, -0.05) is 54.2 Å². The Kier molecular flexibility index (Phi) is 5.77. The fourth-order valence-electron chi connectivity index (χ4n) is 3.81. The lowest BCUT2D eigenvalue weighted by Crippen LogP contribution is -2.29. The van der Waals surface area contributed by atoms with Gasteiger partial charge in [-0.25, -0.2) is 0 Å². The van der Waals surface area contributed by atoms with Crippen LogP contribution in [-0.2, 0) is 0 Å². The zero-order chi connectivity index (χ0) is 23.7. The number of methoxy groups -OCH3 is 2. The average molecular weight is 473 g/mol. The molecule has 170 valence electrons. The summed E-state index contributed by atoms with van der Waals surface area (Å²) in [5, 5.41) is 9.33. The van der Waals surface area contributed by atoms with E-state index in [2.05, 4.69) is 10.2 Å². The van der Waals surface area contributed by atoms with Gasteiger partial charge in [0.25, 0.3) is 11.8 Å². The molecule has 1 aliphatic heterocycles. The van der Waals surface area contributed by atoms with Gasteiger partial charge in [0.1, 0.15) is 0 Å². The highest BCUT2D eigenvalue weighted by Gasteiger charge is 2.35. The molecule has 0 saturated carbocycles. The topological polar surface area (TPSA) is 86.6 Å². The van der Waals surface area contributed by atoms with E-state index in [1.54, 1.807) is 38.5 Å². The molecule has 34 heavy (non-hydrogen) atoms. The van der Waals surface area contributed by atoms with Gasteiger partial charge in [0, 0.05) is 11.6 Å². The first-order valence-corrected chi connectivity index (χ1v) is 11.4. The minimum absolute atomic E-state index is 0.104. The molecule has 0 fully saturated rings. The number of aromatic nitrogens is 3. The minimum atomic E-state index is -0.312. The quantitative estimate of drug-likeness (QED) is 0.293. The molecule has 0 atom stereocenters. The summed E-state index contributed by atoms with van der Waals surface area (Å²) in [4.78, 5) is 26.8. The molecule has 3 aromatic carbocycles. The fraction of sp³-hybridized carbons (Fsp3) is 0.120. The Balaban J connectivity index is 1.52. The van der Waals surface area contributed by atoms with Crippen LogP contribution in [0.2, 0.25) is 0 Å². The number of hydrogen-bond donors (Lipinski definition) is 0. The largest absolute Gasteiger partial charge is 0.493 e. The number of carbonyl (C=O) groups excluding carboxylic acids is 2. The summed E-state index contributed by atoms with van der Waals surface area (Å²) < 4.78 is 12.7. The van der Waals surface area contributed by atoms with Gasteiger partial charge in [-0.05, 0) is 24.3 Å². The van der Waals surface area contributed by atoms with Crippen LogP contribution in [0.4, 0.5) is 0 Å². The van der Waals surface area contributed by atoms with Crippen molar-refractivity contribution in [3.63, 3.8) is 0 Å². The second kappa shape index (κ2) is 9.03. The third-order valence-electron chi connectivity index (χ3n) is 5.49. The van der Waals surface area contributed by atoms with Gasteiger partial charge in [0.2, 0.25) is 0 Å². The van der Waals surface area contributed by atoms with Crippen molar-refractivity contribution in [1.82, 2.24) is 19.7 Å². The molecule has 2 amide bonds. The molecule has 0 saturated heterocycles. The highest BCUT2D eigenvalue weighted by atomic mass is 32.2. The molecule has 1 aromatic heterocycles. The number of imide groups is 1. The summed E-state index contributed by atoms with van der Waals surface area (Å²) in [7, 11) is 3.15. The number of carbonyl (C=O) groups is 2. The molecule has 0 radical (unpaired) electrons. The van der Waals surface area contributed by atoms with Crippen LogP contribution in [0.25, 0.3) is 17.1 Å². The molecular formula is C25H20N4O4S. The molecule has 1 aliphatic rings. The molecule has 8 nitrogen and oxygen atoms in total. The Morgan fingerprint density at radius 2 is 1.44 bits per heavy atom. The Hall–Kier alpha value is -4.11. The zero-order valence-corrected chi connectivity index (χ0v) is 19.3. The van der Waals surface area contributed by atoms with Crippen molar-refractivity contribution in [3.05, 3.63) is 83.9 Å². The van der Waals surface area contributed by atoms with Crippen molar-refractivity contribution in [2.45, 2.75) is 5.16 Å². The summed E-state index contributed by atoms with van der Waals surface area (Å²) in [5.41, 5.74) is 2.46. The predicted molar refractivity (Wildman–Crippen MR) is 128 cm³/mol. The SMILES string of the molecule is COc1ccc(-n2c(SCN3C(=O)c4ccccc4C3=O)nnc2-c2ccccc2)cc1OC. The van der Waals surface area contributed by atoms with E-state index in [0.717, 1.165) is 11.3 Å². The monoisotopic (exact) mass is 472 g/mol. The van der Waals surface area contributed by atoms with Gasteiger partial charge in [-0.15, -0.1) is 10.2 Å². The first kappa shape index (κ1) is 21.7. The van der Waals surface area contributed by atoms with E-state index >= 15 is 0 Å². The van der Waals surface area contributed by atoms with Gasteiger partial charge < -0.3 is 9.47 Å². The summed E-state index contributed by atoms with van der Waals surface area (Å²) >= 11 is 1.26. The Bertz CT molecular complexity index is 1350. The molecule has 0 aliphatic carbocycles. The number of thioether (sulfide) groups is 1.